The molecule has 0 aliphatic rings. The number of alkyl halides is 2. The van der Waals surface area contributed by atoms with Crippen molar-refractivity contribution in [3.63, 3.8) is 0 Å². The van der Waals surface area contributed by atoms with Crippen molar-refractivity contribution in [3.05, 3.63) is 35.1 Å². The predicted octanol–water partition coefficient (Wildman–Crippen LogP) is 3.02. The molecule has 0 spiro atoms. The summed E-state index contributed by atoms with van der Waals surface area (Å²) in [5.41, 5.74) is -0.491. The van der Waals surface area contributed by atoms with Crippen LogP contribution in [0.5, 0.6) is 0 Å². The van der Waals surface area contributed by atoms with Gasteiger partial charge in [0.1, 0.15) is 17.2 Å². The Hall–Kier alpha value is -0.760. The number of aliphatic hydroxyl groups is 1. The Morgan fingerprint density at radius 1 is 1.33 bits per heavy atom. The van der Waals surface area contributed by atoms with Gasteiger partial charge in [0.15, 0.2) is 0 Å². The second kappa shape index (κ2) is 6.56. The van der Waals surface area contributed by atoms with Crippen molar-refractivity contribution in [1.82, 2.24) is 4.72 Å². The summed E-state index contributed by atoms with van der Waals surface area (Å²) in [7, 11) is 0. The van der Waals surface area contributed by atoms with Crippen LogP contribution in [0.4, 0.5) is 13.2 Å². The van der Waals surface area contributed by atoms with Gasteiger partial charge in [-0.15, -0.1) is 4.72 Å². The van der Waals surface area contributed by atoms with Crippen LogP contribution in [-0.4, -0.2) is 21.0 Å². The molecule has 1 aromatic carbocycles. The molecule has 0 fully saturated rings. The van der Waals surface area contributed by atoms with Crippen LogP contribution < -0.4 is 4.72 Å². The summed E-state index contributed by atoms with van der Waals surface area (Å²) < 4.78 is 54.7. The highest BCUT2D eigenvalue weighted by atomic mass is 32.2. The number of benzene rings is 1. The summed E-state index contributed by atoms with van der Waals surface area (Å²) in [5, 5.41) is 8.67. The lowest BCUT2D eigenvalue weighted by Crippen LogP contribution is -2.40. The first-order valence-electron chi connectivity index (χ1n) is 6.45. The van der Waals surface area contributed by atoms with Gasteiger partial charge in [0.25, 0.3) is 5.92 Å². The molecule has 1 rings (SSSR count). The Labute approximate surface area is 125 Å². The molecule has 0 amide bonds. The lowest BCUT2D eigenvalue weighted by molar-refractivity contribution is -0.0583. The summed E-state index contributed by atoms with van der Waals surface area (Å²) in [6.07, 6.45) is 0. The molecule has 0 heterocycles. The fraction of sp³-hybridized carbons (Fsp3) is 0.571. The largest absolute Gasteiger partial charge is 0.598 e. The first kappa shape index (κ1) is 18.3. The molecule has 3 nitrogen and oxygen atoms in total. The highest BCUT2D eigenvalue weighted by molar-refractivity contribution is 7.90. The number of aliphatic hydroxyl groups excluding tert-OH is 1. The van der Waals surface area contributed by atoms with E-state index in [0.29, 0.717) is 5.56 Å². The van der Waals surface area contributed by atoms with Crippen molar-refractivity contribution in [1.29, 1.82) is 0 Å². The molecule has 0 aromatic heterocycles. The van der Waals surface area contributed by atoms with Gasteiger partial charge in [-0.1, -0.05) is 6.07 Å². The average Bonchev–Trinajstić information content (AvgIpc) is 2.37. The van der Waals surface area contributed by atoms with Gasteiger partial charge in [0, 0.05) is 11.4 Å². The minimum atomic E-state index is -3.65. The van der Waals surface area contributed by atoms with Crippen LogP contribution in [0.1, 0.15) is 44.9 Å². The van der Waals surface area contributed by atoms with Crippen LogP contribution in [0.25, 0.3) is 0 Å². The van der Waals surface area contributed by atoms with E-state index in [-0.39, 0.29) is 0 Å². The molecule has 2 N–H and O–H groups in total. The minimum Gasteiger partial charge on any atom is -0.598 e. The van der Waals surface area contributed by atoms with Crippen molar-refractivity contribution in [3.8, 4) is 0 Å². The van der Waals surface area contributed by atoms with Gasteiger partial charge in [-0.05, 0) is 45.4 Å². The summed E-state index contributed by atoms with van der Waals surface area (Å²) in [6, 6.07) is 2.76. The normalized spacial score (nSPS) is 15.9. The van der Waals surface area contributed by atoms with E-state index in [1.54, 1.807) is 27.7 Å². The van der Waals surface area contributed by atoms with Crippen LogP contribution in [0.2, 0.25) is 0 Å². The minimum absolute atomic E-state index is 0.372. The Morgan fingerprint density at radius 2 is 1.90 bits per heavy atom. The van der Waals surface area contributed by atoms with E-state index in [2.05, 4.69) is 4.72 Å². The van der Waals surface area contributed by atoms with Crippen LogP contribution in [0, 0.1) is 5.82 Å². The van der Waals surface area contributed by atoms with Crippen LogP contribution in [-0.2, 0) is 17.3 Å². The third-order valence-electron chi connectivity index (χ3n) is 2.92. The Balaban J connectivity index is 3.02. The molecule has 0 saturated heterocycles. The zero-order valence-corrected chi connectivity index (χ0v) is 13.2. The second-order valence-corrected chi connectivity index (χ2v) is 7.82. The third kappa shape index (κ3) is 4.60. The first-order valence-corrected chi connectivity index (χ1v) is 7.60. The Morgan fingerprint density at radius 3 is 2.38 bits per heavy atom. The van der Waals surface area contributed by atoms with Crippen LogP contribution in [0.15, 0.2) is 18.2 Å². The molecule has 7 heteroatoms. The molecule has 21 heavy (non-hydrogen) atoms. The van der Waals surface area contributed by atoms with Gasteiger partial charge >= 0.3 is 0 Å². The predicted molar refractivity (Wildman–Crippen MR) is 76.8 cm³/mol. The lowest BCUT2D eigenvalue weighted by Gasteiger charge is -2.27. The summed E-state index contributed by atoms with van der Waals surface area (Å²) >= 11 is -1.38. The quantitative estimate of drug-likeness (QED) is 0.819. The Bertz CT molecular complexity index is 492. The van der Waals surface area contributed by atoms with Gasteiger partial charge in [0.2, 0.25) is 0 Å². The fourth-order valence-corrected chi connectivity index (χ4v) is 2.39. The number of rotatable bonds is 5. The molecule has 0 saturated carbocycles. The summed E-state index contributed by atoms with van der Waals surface area (Å²) in [5.74, 6) is -4.73. The molecule has 0 radical (unpaired) electrons. The highest BCUT2D eigenvalue weighted by Crippen LogP contribution is 2.31. The maximum atomic E-state index is 13.5. The van der Waals surface area contributed by atoms with Crippen molar-refractivity contribution in [2.24, 2.45) is 0 Å². The van der Waals surface area contributed by atoms with E-state index in [1.165, 1.54) is 6.07 Å². The zero-order valence-electron chi connectivity index (χ0n) is 12.4. The van der Waals surface area contributed by atoms with Gasteiger partial charge in [-0.2, -0.15) is 8.78 Å². The van der Waals surface area contributed by atoms with E-state index in [9.17, 15) is 17.7 Å². The van der Waals surface area contributed by atoms with Crippen molar-refractivity contribution in [2.75, 3.05) is 6.61 Å². The van der Waals surface area contributed by atoms with Crippen molar-refractivity contribution >= 4 is 11.4 Å². The van der Waals surface area contributed by atoms with Crippen molar-refractivity contribution in [2.45, 2.75) is 44.4 Å². The van der Waals surface area contributed by atoms with E-state index >= 15 is 0 Å². The fourth-order valence-electron chi connectivity index (χ4n) is 1.58. The van der Waals surface area contributed by atoms with E-state index < -0.39 is 46.1 Å². The summed E-state index contributed by atoms with van der Waals surface area (Å²) in [4.78, 5) is 0. The summed E-state index contributed by atoms with van der Waals surface area (Å²) in [6.45, 7) is 5.51. The van der Waals surface area contributed by atoms with E-state index in [0.717, 1.165) is 12.1 Å². The molecule has 0 bridgehead atoms. The maximum absolute atomic E-state index is 13.5. The highest BCUT2D eigenvalue weighted by Gasteiger charge is 2.35. The number of hydrogen-bond donors (Lipinski definition) is 2. The van der Waals surface area contributed by atoms with Gasteiger partial charge in [-0.3, -0.25) is 0 Å². The topological polar surface area (TPSA) is 55.3 Å². The molecule has 120 valence electrons. The lowest BCUT2D eigenvalue weighted by atomic mass is 10.0. The maximum Gasteiger partial charge on any atom is 0.298 e. The SMILES string of the molecule is C[C@H](N[S+]([O-])C(C)(C)C)c1ccc(F)c(C(F)(F)CO)c1. The molecule has 0 aliphatic carbocycles. The van der Waals surface area contributed by atoms with Gasteiger partial charge in [0.05, 0.1) is 11.6 Å². The average molecular weight is 323 g/mol. The molecule has 2 atom stereocenters. The standard InChI is InChI=1S/C14H20F3NO2S/c1-9(18-21(20)13(2,3)4)10-5-6-12(15)11(7-10)14(16,17)8-19/h5-7,9,18-19H,8H2,1-4H3/t9-,21?/m0/s1. The van der Waals surface area contributed by atoms with E-state index in [1.807, 2.05) is 0 Å². The second-order valence-electron chi connectivity index (χ2n) is 5.82. The molecular formula is C14H20F3NO2S. The van der Waals surface area contributed by atoms with Crippen LogP contribution in [0.3, 0.4) is 0 Å². The third-order valence-corrected chi connectivity index (χ3v) is 4.60. The monoisotopic (exact) mass is 323 g/mol. The van der Waals surface area contributed by atoms with Crippen molar-refractivity contribution < 1.29 is 22.8 Å². The first-order chi connectivity index (χ1) is 9.49. The van der Waals surface area contributed by atoms with E-state index in [4.69, 9.17) is 5.11 Å². The zero-order chi connectivity index (χ0) is 16.4. The molecule has 1 aromatic rings. The van der Waals surface area contributed by atoms with Gasteiger partial charge in [-0.25, -0.2) is 4.39 Å². The Kier molecular flexibility index (Phi) is 5.71. The molecule has 0 aliphatic heterocycles. The molecular weight excluding hydrogens is 303 g/mol. The molecule has 1 unspecified atom stereocenters. The number of nitrogens with one attached hydrogen (secondary N) is 1. The number of halogens is 3. The van der Waals surface area contributed by atoms with Gasteiger partial charge < -0.3 is 9.66 Å². The smallest absolute Gasteiger partial charge is 0.298 e. The van der Waals surface area contributed by atoms with Crippen LogP contribution >= 0.6 is 0 Å². The number of hydrogen-bond acceptors (Lipinski definition) is 3.